The smallest absolute Gasteiger partial charge is 0.333 e. The highest BCUT2D eigenvalue weighted by Gasteiger charge is 2.37. The molecule has 0 saturated heterocycles. The summed E-state index contributed by atoms with van der Waals surface area (Å²) in [5, 5.41) is 0. The molecule has 0 spiro atoms. The number of esters is 1. The summed E-state index contributed by atoms with van der Waals surface area (Å²) in [6.45, 7) is 12.9. The second-order valence-corrected chi connectivity index (χ2v) is 9.72. The minimum Gasteiger partial charge on any atom is -0.463 e. The van der Waals surface area contributed by atoms with Crippen molar-refractivity contribution < 1.29 is 22.7 Å². The van der Waals surface area contributed by atoms with E-state index >= 15 is 0 Å². The Hall–Kier alpha value is -1.41. The molecule has 0 aliphatic rings. The highest BCUT2D eigenvalue weighted by Crippen LogP contribution is 2.24. The zero-order chi connectivity index (χ0) is 20.9. The highest BCUT2D eigenvalue weighted by atomic mass is 32.2. The molecule has 0 aromatic rings. The summed E-state index contributed by atoms with van der Waals surface area (Å²) in [5.41, 5.74) is -0.205. The van der Waals surface area contributed by atoms with E-state index in [2.05, 4.69) is 4.72 Å². The van der Waals surface area contributed by atoms with Gasteiger partial charge in [0.05, 0.1) is 18.9 Å². The number of amides is 1. The number of hydrogen-bond donors (Lipinski definition) is 1. The first-order valence-electron chi connectivity index (χ1n) is 8.71. The van der Waals surface area contributed by atoms with Crippen LogP contribution in [0.1, 0.15) is 48.5 Å². The second kappa shape index (κ2) is 9.50. The zero-order valence-corrected chi connectivity index (χ0v) is 18.2. The first-order chi connectivity index (χ1) is 11.6. The van der Waals surface area contributed by atoms with E-state index in [0.29, 0.717) is 5.57 Å². The van der Waals surface area contributed by atoms with Crippen LogP contribution in [0.5, 0.6) is 0 Å². The van der Waals surface area contributed by atoms with Gasteiger partial charge in [0.2, 0.25) is 15.9 Å². The summed E-state index contributed by atoms with van der Waals surface area (Å²) in [5.74, 6) is -0.762. The van der Waals surface area contributed by atoms with E-state index in [1.165, 1.54) is 4.90 Å². The number of carbonyl (C=O) groups is 2. The SMILES string of the molecule is CCOC(=O)/C(C)=C/[C@H](C(C)C)N(C)C(=O)[C@@H](NS(C)(=O)=O)C(C)(C)C. The lowest BCUT2D eigenvalue weighted by atomic mass is 9.86. The van der Waals surface area contributed by atoms with Gasteiger partial charge in [-0.1, -0.05) is 40.7 Å². The summed E-state index contributed by atoms with van der Waals surface area (Å²) in [4.78, 5) is 26.4. The van der Waals surface area contributed by atoms with Crippen LogP contribution in [0.2, 0.25) is 0 Å². The Morgan fingerprint density at radius 1 is 1.23 bits per heavy atom. The third-order valence-electron chi connectivity index (χ3n) is 3.94. The van der Waals surface area contributed by atoms with Gasteiger partial charge in [-0.25, -0.2) is 17.9 Å². The van der Waals surface area contributed by atoms with Crippen LogP contribution >= 0.6 is 0 Å². The van der Waals surface area contributed by atoms with Crippen LogP contribution in [-0.4, -0.2) is 57.2 Å². The molecule has 0 radical (unpaired) electrons. The number of sulfonamides is 1. The van der Waals surface area contributed by atoms with Crippen LogP contribution in [-0.2, 0) is 24.3 Å². The molecule has 0 bridgehead atoms. The van der Waals surface area contributed by atoms with Gasteiger partial charge in [0.1, 0.15) is 6.04 Å². The standard InChI is InChI=1S/C18H34N2O5S/c1-10-25-17(22)13(4)11-14(12(2)3)20(8)16(21)15(18(5,6)7)19-26(9,23)24/h11-12,14-15,19H,10H2,1-9H3/b13-11+/t14-,15-/m1/s1. The topological polar surface area (TPSA) is 92.8 Å². The number of likely N-dealkylation sites (N-methyl/N-ethyl adjacent to an activating group) is 1. The fraction of sp³-hybridized carbons (Fsp3) is 0.778. The van der Waals surface area contributed by atoms with Crippen molar-refractivity contribution in [1.29, 1.82) is 0 Å². The van der Waals surface area contributed by atoms with E-state index in [9.17, 15) is 18.0 Å². The van der Waals surface area contributed by atoms with Crippen LogP contribution in [0.3, 0.4) is 0 Å². The third kappa shape index (κ3) is 7.86. The molecule has 7 nitrogen and oxygen atoms in total. The number of nitrogens with one attached hydrogen (secondary N) is 1. The van der Waals surface area contributed by atoms with Crippen molar-refractivity contribution in [1.82, 2.24) is 9.62 Å². The van der Waals surface area contributed by atoms with Crippen molar-refractivity contribution >= 4 is 21.9 Å². The Morgan fingerprint density at radius 2 is 1.73 bits per heavy atom. The van der Waals surface area contributed by atoms with Gasteiger partial charge in [-0.15, -0.1) is 0 Å². The number of nitrogens with zero attached hydrogens (tertiary/aromatic N) is 1. The predicted molar refractivity (Wildman–Crippen MR) is 103 cm³/mol. The van der Waals surface area contributed by atoms with Crippen LogP contribution in [0.25, 0.3) is 0 Å². The molecular weight excluding hydrogens is 356 g/mol. The van der Waals surface area contributed by atoms with Gasteiger partial charge in [-0.3, -0.25) is 4.79 Å². The first-order valence-corrected chi connectivity index (χ1v) is 10.6. The molecule has 26 heavy (non-hydrogen) atoms. The normalized spacial score (nSPS) is 15.5. The van der Waals surface area contributed by atoms with Crippen molar-refractivity contribution in [3.05, 3.63) is 11.6 Å². The molecule has 0 aromatic carbocycles. The lowest BCUT2D eigenvalue weighted by Gasteiger charge is -2.37. The number of carbonyl (C=O) groups excluding carboxylic acids is 2. The maximum absolute atomic E-state index is 13.0. The van der Waals surface area contributed by atoms with Crippen LogP contribution in [0, 0.1) is 11.3 Å². The average molecular weight is 391 g/mol. The van der Waals surface area contributed by atoms with Gasteiger partial charge < -0.3 is 9.64 Å². The lowest BCUT2D eigenvalue weighted by Crippen LogP contribution is -2.56. The Labute approximate surface area is 158 Å². The van der Waals surface area contributed by atoms with E-state index in [1.807, 2.05) is 13.8 Å². The van der Waals surface area contributed by atoms with Gasteiger partial charge in [-0.05, 0) is 25.2 Å². The van der Waals surface area contributed by atoms with Gasteiger partial charge >= 0.3 is 5.97 Å². The van der Waals surface area contributed by atoms with E-state index in [4.69, 9.17) is 4.74 Å². The van der Waals surface area contributed by atoms with Crippen LogP contribution in [0.4, 0.5) is 0 Å². The van der Waals surface area contributed by atoms with Crippen LogP contribution in [0.15, 0.2) is 11.6 Å². The summed E-state index contributed by atoms with van der Waals surface area (Å²) >= 11 is 0. The largest absolute Gasteiger partial charge is 0.463 e. The Balaban J connectivity index is 5.75. The van der Waals surface area contributed by atoms with E-state index in [1.54, 1.807) is 47.7 Å². The predicted octanol–water partition coefficient (Wildman–Crippen LogP) is 1.94. The minimum atomic E-state index is -3.56. The quantitative estimate of drug-likeness (QED) is 0.505. The molecule has 1 N–H and O–H groups in total. The zero-order valence-electron chi connectivity index (χ0n) is 17.4. The van der Waals surface area contributed by atoms with Crippen molar-refractivity contribution in [3.8, 4) is 0 Å². The maximum atomic E-state index is 13.0. The molecule has 2 atom stereocenters. The molecule has 8 heteroatoms. The molecule has 0 unspecified atom stereocenters. The third-order valence-corrected chi connectivity index (χ3v) is 4.60. The monoisotopic (exact) mass is 390 g/mol. The van der Waals surface area contributed by atoms with Crippen molar-refractivity contribution in [2.75, 3.05) is 19.9 Å². The maximum Gasteiger partial charge on any atom is 0.333 e. The number of rotatable bonds is 8. The average Bonchev–Trinajstić information content (AvgIpc) is 2.46. The van der Waals surface area contributed by atoms with Crippen molar-refractivity contribution in [3.63, 3.8) is 0 Å². The van der Waals surface area contributed by atoms with Crippen molar-refractivity contribution in [2.45, 2.75) is 60.5 Å². The fourth-order valence-corrected chi connectivity index (χ4v) is 3.37. The molecule has 0 aliphatic carbocycles. The summed E-state index contributed by atoms with van der Waals surface area (Å²) in [6.07, 6.45) is 2.73. The molecule has 0 fully saturated rings. The van der Waals surface area contributed by atoms with Gasteiger partial charge in [0, 0.05) is 12.6 Å². The summed E-state index contributed by atoms with van der Waals surface area (Å²) < 4.78 is 30.8. The molecular formula is C18H34N2O5S. The molecule has 0 aromatic heterocycles. The molecule has 0 heterocycles. The van der Waals surface area contributed by atoms with E-state index in [-0.39, 0.29) is 24.5 Å². The Morgan fingerprint density at radius 3 is 2.08 bits per heavy atom. The van der Waals surface area contributed by atoms with E-state index < -0.39 is 27.4 Å². The summed E-state index contributed by atoms with van der Waals surface area (Å²) in [7, 11) is -1.95. The molecule has 152 valence electrons. The highest BCUT2D eigenvalue weighted by molar-refractivity contribution is 7.88. The first kappa shape index (κ1) is 24.6. The molecule has 0 rings (SSSR count). The summed E-state index contributed by atoms with van der Waals surface area (Å²) in [6, 6.07) is -1.29. The Kier molecular flexibility index (Phi) is 8.99. The van der Waals surface area contributed by atoms with Gasteiger partial charge in [-0.2, -0.15) is 0 Å². The van der Waals surface area contributed by atoms with Gasteiger partial charge in [0.15, 0.2) is 0 Å². The minimum absolute atomic E-state index is 0.0205. The fourth-order valence-electron chi connectivity index (χ4n) is 2.48. The molecule has 0 saturated carbocycles. The molecule has 1 amide bonds. The number of ether oxygens (including phenoxy) is 1. The number of hydrogen-bond acceptors (Lipinski definition) is 5. The van der Waals surface area contributed by atoms with Crippen LogP contribution < -0.4 is 4.72 Å². The van der Waals surface area contributed by atoms with Gasteiger partial charge in [0.25, 0.3) is 0 Å². The lowest BCUT2D eigenvalue weighted by molar-refractivity contribution is -0.139. The Bertz CT molecular complexity index is 632. The van der Waals surface area contributed by atoms with Crippen molar-refractivity contribution in [2.24, 2.45) is 11.3 Å². The second-order valence-electron chi connectivity index (χ2n) is 7.94. The van der Waals surface area contributed by atoms with E-state index in [0.717, 1.165) is 6.26 Å². The molecule has 0 aliphatic heterocycles.